The van der Waals surface area contributed by atoms with Gasteiger partial charge >= 0.3 is 0 Å². The lowest BCUT2D eigenvalue weighted by Crippen LogP contribution is -2.64. The Morgan fingerprint density at radius 2 is 2.29 bits per heavy atom. The minimum absolute atomic E-state index is 0.00706. The topological polar surface area (TPSA) is 52.9 Å². The maximum Gasteiger partial charge on any atom is 0.164 e. The number of rotatable bonds is 0. The van der Waals surface area contributed by atoms with Gasteiger partial charge in [0.2, 0.25) is 0 Å². The zero-order chi connectivity index (χ0) is 14.4. The Hall–Kier alpha value is -1.17. The van der Waals surface area contributed by atoms with Gasteiger partial charge in [0, 0.05) is 32.1 Å². The van der Waals surface area contributed by atoms with Gasteiger partial charge in [-0.1, -0.05) is 17.3 Å². The summed E-state index contributed by atoms with van der Waals surface area (Å²) in [6.07, 6.45) is 5.40. The summed E-state index contributed by atoms with van der Waals surface area (Å²) in [5.41, 5.74) is 3.10. The number of nitrogens with zero attached hydrogens (tertiary/aromatic N) is 1. The number of hydrogen-bond donors (Lipinski definition) is 2. The van der Waals surface area contributed by atoms with Gasteiger partial charge in [0.25, 0.3) is 0 Å². The minimum Gasteiger partial charge on any atom is -0.505 e. The average Bonchev–Trinajstić information content (AvgIpc) is 2.83. The van der Waals surface area contributed by atoms with Gasteiger partial charge in [0.15, 0.2) is 11.5 Å². The quantitative estimate of drug-likeness (QED) is 0.533. The highest BCUT2D eigenvalue weighted by Gasteiger charge is 2.64. The number of piperidine rings is 1. The number of aliphatic hydroxyl groups is 1. The van der Waals surface area contributed by atoms with Crippen LogP contribution in [0.25, 0.3) is 0 Å². The summed E-state index contributed by atoms with van der Waals surface area (Å²) in [5.74, 6) is 1.37. The Bertz CT molecular complexity index is 676. The van der Waals surface area contributed by atoms with Gasteiger partial charge in [0.05, 0.1) is 0 Å². The lowest BCUT2D eigenvalue weighted by atomic mass is 9.54. The van der Waals surface area contributed by atoms with Crippen LogP contribution in [-0.2, 0) is 11.8 Å². The van der Waals surface area contributed by atoms with E-state index in [-0.39, 0.29) is 20.6 Å². The summed E-state index contributed by atoms with van der Waals surface area (Å²) in [6.45, 7) is 1.03. The first-order chi connectivity index (χ1) is 10.1. The van der Waals surface area contributed by atoms with E-state index in [0.717, 1.165) is 19.4 Å². The first kappa shape index (κ1) is 12.4. The van der Waals surface area contributed by atoms with Crippen LogP contribution in [0.1, 0.15) is 17.2 Å². The summed E-state index contributed by atoms with van der Waals surface area (Å²) >= 11 is 0. The van der Waals surface area contributed by atoms with Crippen molar-refractivity contribution in [3.05, 3.63) is 28.6 Å². The summed E-state index contributed by atoms with van der Waals surface area (Å²) in [5, 5.41) is 22.2. The second kappa shape index (κ2) is 3.77. The van der Waals surface area contributed by atoms with Crippen LogP contribution < -0.4 is 4.74 Å². The molecule has 0 aromatic carbocycles. The molecule has 0 unspecified atom stereocenters. The van der Waals surface area contributed by atoms with Crippen molar-refractivity contribution in [1.29, 1.82) is 0 Å². The lowest BCUT2D eigenvalue weighted by Gasteiger charge is -2.56. The van der Waals surface area contributed by atoms with Crippen molar-refractivity contribution in [3.8, 4) is 11.5 Å². The molecule has 2 aliphatic carbocycles. The van der Waals surface area contributed by atoms with E-state index in [1.54, 1.807) is 0 Å². The number of likely N-dealkylation sites (tertiary alicyclic amines) is 1. The van der Waals surface area contributed by atoms with E-state index in [2.05, 4.69) is 18.0 Å². The number of hydrogen-bond acceptors (Lipinski definition) is 4. The van der Waals surface area contributed by atoms with Gasteiger partial charge in [-0.05, 0) is 32.1 Å². The Morgan fingerprint density at radius 3 is 3.14 bits per heavy atom. The Morgan fingerprint density at radius 1 is 1.43 bits per heavy atom. The molecule has 1 spiro atoms. The van der Waals surface area contributed by atoms with Crippen molar-refractivity contribution >= 4 is 9.12 Å². The van der Waals surface area contributed by atoms with Gasteiger partial charge in [-0.25, -0.2) is 0 Å². The van der Waals surface area contributed by atoms with Crippen LogP contribution in [0.4, 0.5) is 0 Å². The van der Waals surface area contributed by atoms with Crippen molar-refractivity contribution in [2.75, 3.05) is 13.6 Å². The van der Waals surface area contributed by atoms with Crippen molar-refractivity contribution in [2.45, 2.75) is 36.5 Å². The molecule has 5 heteroatoms. The molecule has 1 aromatic rings. The molecule has 5 atom stereocenters. The van der Waals surface area contributed by atoms with E-state index >= 15 is 0 Å². The third-order valence-electron chi connectivity index (χ3n) is 6.15. The van der Waals surface area contributed by atoms with Crippen LogP contribution >= 0.6 is 0 Å². The van der Waals surface area contributed by atoms with E-state index in [4.69, 9.17) is 4.74 Å². The maximum atomic E-state index is 10.5. The summed E-state index contributed by atoms with van der Waals surface area (Å²) in [4.78, 5) is 2.47. The predicted octanol–water partition coefficient (Wildman–Crippen LogP) is 0.269. The van der Waals surface area contributed by atoms with E-state index in [1.807, 2.05) is 11.8 Å². The van der Waals surface area contributed by atoms with Gasteiger partial charge < -0.3 is 19.8 Å². The molecule has 110 valence electrons. The molecule has 2 bridgehead atoms. The third-order valence-corrected chi connectivity index (χ3v) is 7.56. The van der Waals surface area contributed by atoms with E-state index in [9.17, 15) is 10.2 Å². The SMILES string of the molecule is CN1CC[C@]23c4c5[siH]cc(O)c4O[C@H]2[C@@H](O)C=C[C@H]3[C@H]1C5. The van der Waals surface area contributed by atoms with Gasteiger partial charge in [-0.15, -0.1) is 0 Å². The van der Waals surface area contributed by atoms with Crippen LogP contribution in [0.2, 0.25) is 0 Å². The molecule has 4 aliphatic rings. The molecule has 21 heavy (non-hydrogen) atoms. The van der Waals surface area contributed by atoms with Gasteiger partial charge in [-0.3, -0.25) is 0 Å². The number of aliphatic hydroxyl groups excluding tert-OH is 1. The Balaban J connectivity index is 1.84. The van der Waals surface area contributed by atoms with Gasteiger partial charge in [-0.2, -0.15) is 0 Å². The molecule has 1 fully saturated rings. The molecule has 1 aromatic heterocycles. The van der Waals surface area contributed by atoms with Crippen molar-refractivity contribution in [1.82, 2.24) is 4.90 Å². The molecular weight excluding hydrogens is 282 g/mol. The second-order valence-electron chi connectivity index (χ2n) is 6.93. The summed E-state index contributed by atoms with van der Waals surface area (Å²) in [7, 11) is 2.22. The van der Waals surface area contributed by atoms with Gasteiger partial charge in [0.1, 0.15) is 12.2 Å². The molecule has 2 N–H and O–H groups in total. The van der Waals surface area contributed by atoms with E-state index < -0.39 is 6.10 Å². The predicted molar refractivity (Wildman–Crippen MR) is 80.3 cm³/mol. The first-order valence-corrected chi connectivity index (χ1v) is 8.96. The Kier molecular flexibility index (Phi) is 2.22. The number of aromatic hydroxyl groups is 1. The third kappa shape index (κ3) is 1.27. The van der Waals surface area contributed by atoms with Crippen molar-refractivity contribution < 1.29 is 14.9 Å². The smallest absolute Gasteiger partial charge is 0.164 e. The first-order valence-electron chi connectivity index (χ1n) is 7.71. The molecule has 5 rings (SSSR count). The number of ether oxygens (including phenoxy) is 1. The standard InChI is InChI=1S/C16H19NO3Si/c1-17-5-4-16-8-2-3-10(18)15(16)20-14-11(19)7-21-12(13(14)16)6-9(8)17/h2-3,7-10,15,18-19,21H,4-6H2,1H3/t8-,9+,10-,15-,16-/m0/s1. The Labute approximate surface area is 125 Å². The lowest BCUT2D eigenvalue weighted by molar-refractivity contribution is -0.0450. The van der Waals surface area contributed by atoms with E-state index in [1.165, 1.54) is 10.7 Å². The molecule has 1 saturated heterocycles. The molecule has 0 amide bonds. The zero-order valence-electron chi connectivity index (χ0n) is 12.0. The minimum atomic E-state index is -0.571. The average molecular weight is 301 g/mol. The van der Waals surface area contributed by atoms with Crippen LogP contribution in [0.5, 0.6) is 11.5 Å². The highest BCUT2D eigenvalue weighted by atomic mass is 28.2. The normalized spacial score (nSPS) is 42.6. The largest absolute Gasteiger partial charge is 0.505 e. The zero-order valence-corrected chi connectivity index (χ0v) is 13.1. The fourth-order valence-corrected chi connectivity index (χ4v) is 6.69. The number of likely N-dealkylation sites (N-methyl/N-ethyl adjacent to an activating group) is 1. The molecular formula is C16H19NO3Si. The van der Waals surface area contributed by atoms with Crippen LogP contribution in [0.15, 0.2) is 17.8 Å². The molecule has 3 heterocycles. The van der Waals surface area contributed by atoms with Crippen LogP contribution in [-0.4, -0.2) is 56.1 Å². The summed E-state index contributed by atoms with van der Waals surface area (Å²) < 4.78 is 6.12. The van der Waals surface area contributed by atoms with E-state index in [0.29, 0.717) is 23.5 Å². The molecule has 0 radical (unpaired) electrons. The van der Waals surface area contributed by atoms with Crippen LogP contribution in [0.3, 0.4) is 0 Å². The maximum absolute atomic E-state index is 10.5. The second-order valence-corrected chi connectivity index (χ2v) is 8.29. The monoisotopic (exact) mass is 301 g/mol. The van der Waals surface area contributed by atoms with Crippen molar-refractivity contribution in [3.63, 3.8) is 0 Å². The van der Waals surface area contributed by atoms with Crippen molar-refractivity contribution in [2.24, 2.45) is 5.92 Å². The highest BCUT2D eigenvalue weighted by Crippen LogP contribution is 2.61. The molecule has 2 aliphatic heterocycles. The summed E-state index contributed by atoms with van der Waals surface area (Å²) in [6, 6.07) is 0.507. The molecule has 0 saturated carbocycles. The van der Waals surface area contributed by atoms with Crippen LogP contribution in [0, 0.1) is 5.92 Å². The highest BCUT2D eigenvalue weighted by molar-refractivity contribution is 6.32. The fraction of sp³-hybridized carbons (Fsp3) is 0.562. The fourth-order valence-electron chi connectivity index (χ4n) is 5.24. The molecule has 4 nitrogen and oxygen atoms in total.